The van der Waals surface area contributed by atoms with E-state index in [1.807, 2.05) is 6.20 Å². The van der Waals surface area contributed by atoms with Crippen molar-refractivity contribution in [3.63, 3.8) is 0 Å². The molecule has 2 nitrogen and oxygen atoms in total. The van der Waals surface area contributed by atoms with Gasteiger partial charge in [0.2, 0.25) is 0 Å². The highest BCUT2D eigenvalue weighted by Gasteiger charge is 2.33. The van der Waals surface area contributed by atoms with E-state index in [0.29, 0.717) is 11.8 Å². The molecule has 0 radical (unpaired) electrons. The van der Waals surface area contributed by atoms with Crippen molar-refractivity contribution in [1.82, 2.24) is 9.88 Å². The van der Waals surface area contributed by atoms with E-state index in [1.165, 1.54) is 72.3 Å². The maximum Gasteiger partial charge on any atom is 0.0553 e. The van der Waals surface area contributed by atoms with E-state index in [9.17, 15) is 0 Å². The van der Waals surface area contributed by atoms with Crippen molar-refractivity contribution in [2.75, 3.05) is 20.1 Å². The van der Waals surface area contributed by atoms with Crippen molar-refractivity contribution in [2.24, 2.45) is 5.92 Å². The van der Waals surface area contributed by atoms with Crippen LogP contribution < -0.4 is 0 Å². The van der Waals surface area contributed by atoms with Gasteiger partial charge in [-0.3, -0.25) is 4.98 Å². The maximum atomic E-state index is 4.93. The topological polar surface area (TPSA) is 16.1 Å². The molecule has 1 aromatic heterocycles. The van der Waals surface area contributed by atoms with Gasteiger partial charge in [0.25, 0.3) is 0 Å². The molecule has 142 valence electrons. The van der Waals surface area contributed by atoms with Gasteiger partial charge in [-0.15, -0.1) is 0 Å². The molecule has 1 unspecified atom stereocenters. The average Bonchev–Trinajstić information content (AvgIpc) is 2.81. The van der Waals surface area contributed by atoms with Crippen LogP contribution in [-0.4, -0.2) is 30.0 Å². The van der Waals surface area contributed by atoms with Gasteiger partial charge in [0.1, 0.15) is 0 Å². The second kappa shape index (κ2) is 7.98. The monoisotopic (exact) mass is 360 g/mol. The number of aromatic nitrogens is 1. The van der Waals surface area contributed by atoms with Crippen molar-refractivity contribution < 1.29 is 0 Å². The summed E-state index contributed by atoms with van der Waals surface area (Å²) in [5.41, 5.74) is 8.47. The first-order valence-electron chi connectivity index (χ1n) is 10.6. The van der Waals surface area contributed by atoms with E-state index < -0.39 is 0 Å². The first kappa shape index (κ1) is 18.4. The molecule has 1 saturated heterocycles. The molecule has 4 rings (SSSR count). The zero-order chi connectivity index (χ0) is 18.8. The number of pyridine rings is 1. The lowest BCUT2D eigenvalue weighted by Crippen LogP contribution is -2.33. The van der Waals surface area contributed by atoms with Gasteiger partial charge in [-0.2, -0.15) is 0 Å². The van der Waals surface area contributed by atoms with E-state index in [1.54, 1.807) is 0 Å². The smallest absolute Gasteiger partial charge is 0.0553 e. The summed E-state index contributed by atoms with van der Waals surface area (Å²) >= 11 is 0. The van der Waals surface area contributed by atoms with Crippen LogP contribution in [0.1, 0.15) is 72.9 Å². The molecule has 2 heterocycles. The molecule has 1 aliphatic carbocycles. The summed E-state index contributed by atoms with van der Waals surface area (Å²) in [6.07, 6.45) is 10.6. The molecule has 0 amide bonds. The van der Waals surface area contributed by atoms with E-state index in [2.05, 4.69) is 62.2 Å². The van der Waals surface area contributed by atoms with Crippen LogP contribution >= 0.6 is 0 Å². The van der Waals surface area contributed by atoms with Crippen LogP contribution in [0.5, 0.6) is 0 Å². The second-order valence-corrected chi connectivity index (χ2v) is 8.46. The van der Waals surface area contributed by atoms with Crippen molar-refractivity contribution in [3.05, 3.63) is 64.5 Å². The minimum absolute atomic E-state index is 0.417. The Morgan fingerprint density at radius 3 is 2.74 bits per heavy atom. The normalized spacial score (nSPS) is 20.6. The summed E-state index contributed by atoms with van der Waals surface area (Å²) in [5, 5.41) is 0. The van der Waals surface area contributed by atoms with Gasteiger partial charge in [-0.1, -0.05) is 43.2 Å². The van der Waals surface area contributed by atoms with Crippen molar-refractivity contribution in [3.8, 4) is 0 Å². The number of benzene rings is 1. The summed E-state index contributed by atoms with van der Waals surface area (Å²) in [6.45, 7) is 6.89. The summed E-state index contributed by atoms with van der Waals surface area (Å²) < 4.78 is 0. The average molecular weight is 361 g/mol. The summed E-state index contributed by atoms with van der Waals surface area (Å²) in [4.78, 5) is 7.40. The molecule has 2 aliphatic rings. The molecule has 0 saturated carbocycles. The van der Waals surface area contributed by atoms with Crippen molar-refractivity contribution in [2.45, 2.75) is 51.9 Å². The molecule has 27 heavy (non-hydrogen) atoms. The fraction of sp³-hybridized carbons (Fsp3) is 0.480. The third-order valence-electron chi connectivity index (χ3n) is 6.42. The fourth-order valence-electron chi connectivity index (χ4n) is 4.86. The van der Waals surface area contributed by atoms with E-state index in [-0.39, 0.29) is 0 Å². The number of allylic oxidation sites excluding steroid dienone is 1. The van der Waals surface area contributed by atoms with Gasteiger partial charge in [0, 0.05) is 12.1 Å². The number of hydrogen-bond acceptors (Lipinski definition) is 2. The van der Waals surface area contributed by atoms with Gasteiger partial charge in [0.05, 0.1) is 5.69 Å². The predicted molar refractivity (Wildman–Crippen MR) is 115 cm³/mol. The molecule has 1 aliphatic heterocycles. The Labute approximate surface area is 164 Å². The maximum absolute atomic E-state index is 4.93. The largest absolute Gasteiger partial charge is 0.306 e. The van der Waals surface area contributed by atoms with Crippen LogP contribution in [0.4, 0.5) is 0 Å². The van der Waals surface area contributed by atoms with Crippen LogP contribution in [0.3, 0.4) is 0 Å². The molecular weight excluding hydrogens is 328 g/mol. The quantitative estimate of drug-likeness (QED) is 0.674. The van der Waals surface area contributed by atoms with E-state index in [0.717, 1.165) is 6.42 Å². The number of rotatable bonds is 4. The number of nitrogens with zero attached hydrogens (tertiary/aromatic N) is 2. The summed E-state index contributed by atoms with van der Waals surface area (Å²) in [6, 6.07) is 11.5. The van der Waals surface area contributed by atoms with Crippen LogP contribution in [0.2, 0.25) is 0 Å². The third kappa shape index (κ3) is 3.73. The van der Waals surface area contributed by atoms with Gasteiger partial charge in [-0.05, 0) is 93.1 Å². The molecule has 2 heteroatoms. The fourth-order valence-corrected chi connectivity index (χ4v) is 4.86. The van der Waals surface area contributed by atoms with Crippen LogP contribution in [0, 0.1) is 12.8 Å². The molecule has 0 N–H and O–H groups in total. The Kier molecular flexibility index (Phi) is 5.45. The Morgan fingerprint density at radius 2 is 1.96 bits per heavy atom. The zero-order valence-corrected chi connectivity index (χ0v) is 17.0. The first-order valence-corrected chi connectivity index (χ1v) is 10.6. The number of aryl methyl sites for hydroxylation is 1. The zero-order valence-electron chi connectivity index (χ0n) is 17.0. The SMILES string of the molecule is CCCCC1=Cc2cccnc2C(C2CCN(C)CC2)c2ccc(C)cc21. The lowest BCUT2D eigenvalue weighted by molar-refractivity contribution is 0.206. The van der Waals surface area contributed by atoms with Crippen molar-refractivity contribution in [1.29, 1.82) is 0 Å². The first-order chi connectivity index (χ1) is 13.2. The third-order valence-corrected chi connectivity index (χ3v) is 6.42. The van der Waals surface area contributed by atoms with Gasteiger partial charge in [-0.25, -0.2) is 0 Å². The lowest BCUT2D eigenvalue weighted by atomic mass is 9.75. The Bertz CT molecular complexity index is 828. The number of likely N-dealkylation sites (tertiary alicyclic amines) is 1. The lowest BCUT2D eigenvalue weighted by Gasteiger charge is -2.35. The van der Waals surface area contributed by atoms with Gasteiger partial charge in [0.15, 0.2) is 0 Å². The van der Waals surface area contributed by atoms with E-state index in [4.69, 9.17) is 4.98 Å². The number of fused-ring (bicyclic) bond motifs is 2. The van der Waals surface area contributed by atoms with Gasteiger partial charge >= 0.3 is 0 Å². The molecule has 1 aromatic carbocycles. The Hall–Kier alpha value is -1.93. The summed E-state index contributed by atoms with van der Waals surface area (Å²) in [5.74, 6) is 1.09. The minimum Gasteiger partial charge on any atom is -0.306 e. The Balaban J connectivity index is 1.86. The van der Waals surface area contributed by atoms with Crippen LogP contribution in [0.25, 0.3) is 11.6 Å². The second-order valence-electron chi connectivity index (χ2n) is 8.46. The van der Waals surface area contributed by atoms with Crippen LogP contribution in [0.15, 0.2) is 36.5 Å². The highest BCUT2D eigenvalue weighted by Crippen LogP contribution is 2.45. The standard InChI is InChI=1S/C25H32N2/c1-4-5-7-20-17-21-8-6-13-26-25(21)24(19-11-14-27(3)15-12-19)22-10-9-18(2)16-23(20)22/h6,8-10,13,16-17,19,24H,4-5,7,11-12,14-15H2,1-3H3. The van der Waals surface area contributed by atoms with Crippen LogP contribution in [-0.2, 0) is 0 Å². The highest BCUT2D eigenvalue weighted by molar-refractivity contribution is 5.86. The molecule has 1 atom stereocenters. The van der Waals surface area contributed by atoms with Crippen molar-refractivity contribution >= 4 is 11.6 Å². The molecule has 2 aromatic rings. The molecule has 0 bridgehead atoms. The molecule has 1 fully saturated rings. The minimum atomic E-state index is 0.417. The Morgan fingerprint density at radius 1 is 1.15 bits per heavy atom. The van der Waals surface area contributed by atoms with Gasteiger partial charge < -0.3 is 4.90 Å². The molecular formula is C25H32N2. The summed E-state index contributed by atoms with van der Waals surface area (Å²) in [7, 11) is 2.25. The van der Waals surface area contributed by atoms with E-state index >= 15 is 0 Å². The number of piperidine rings is 1. The number of hydrogen-bond donors (Lipinski definition) is 0. The molecule has 0 spiro atoms. The predicted octanol–water partition coefficient (Wildman–Crippen LogP) is 5.91. The number of unbranched alkanes of at least 4 members (excludes halogenated alkanes) is 1. The highest BCUT2D eigenvalue weighted by atomic mass is 15.1.